The van der Waals surface area contributed by atoms with E-state index in [1.54, 1.807) is 0 Å². The first-order valence-corrected chi connectivity index (χ1v) is 8.78. The standard InChI is InChI=1S/C18H30N4/c1-11(2)16-7-6-15(10-20-16)22-12(3)17-14(8-13-4-5-13)9-21-18(17)19/h9,11,13,15-16,20-21H,4-8,10,19H2,1-3H3/t15-,16-/m1/s1. The number of aromatic amines is 1. The zero-order valence-electron chi connectivity index (χ0n) is 14.2. The van der Waals surface area contributed by atoms with Crippen molar-refractivity contribution in [3.63, 3.8) is 0 Å². The lowest BCUT2D eigenvalue weighted by Gasteiger charge is -2.30. The number of hydrogen-bond acceptors (Lipinski definition) is 3. The molecule has 1 saturated carbocycles. The van der Waals surface area contributed by atoms with Crippen LogP contribution in [0.25, 0.3) is 0 Å². The van der Waals surface area contributed by atoms with Gasteiger partial charge >= 0.3 is 0 Å². The lowest BCUT2D eigenvalue weighted by Crippen LogP contribution is -2.43. The molecule has 4 heteroatoms. The van der Waals surface area contributed by atoms with Crippen LogP contribution in [0, 0.1) is 11.8 Å². The van der Waals surface area contributed by atoms with Crippen molar-refractivity contribution in [3.05, 3.63) is 17.3 Å². The summed E-state index contributed by atoms with van der Waals surface area (Å²) in [6.45, 7) is 7.68. The molecule has 0 radical (unpaired) electrons. The molecule has 22 heavy (non-hydrogen) atoms. The van der Waals surface area contributed by atoms with Gasteiger partial charge in [-0.1, -0.05) is 13.8 Å². The number of aliphatic imine (C=N–C) groups is 1. The fourth-order valence-electron chi connectivity index (χ4n) is 3.58. The molecule has 0 aromatic carbocycles. The van der Waals surface area contributed by atoms with E-state index in [4.69, 9.17) is 10.7 Å². The van der Waals surface area contributed by atoms with Crippen molar-refractivity contribution in [1.29, 1.82) is 0 Å². The highest BCUT2D eigenvalue weighted by Gasteiger charge is 2.26. The summed E-state index contributed by atoms with van der Waals surface area (Å²) in [7, 11) is 0. The summed E-state index contributed by atoms with van der Waals surface area (Å²) in [4.78, 5) is 8.17. The number of nitrogens with two attached hydrogens (primary N) is 1. The zero-order valence-corrected chi connectivity index (χ0v) is 14.2. The molecule has 1 aromatic heterocycles. The number of hydrogen-bond donors (Lipinski definition) is 3. The van der Waals surface area contributed by atoms with Crippen molar-refractivity contribution >= 4 is 11.5 Å². The summed E-state index contributed by atoms with van der Waals surface area (Å²) in [5, 5.41) is 3.64. The first-order chi connectivity index (χ1) is 10.5. The molecule has 2 fully saturated rings. The Labute approximate surface area is 134 Å². The Morgan fingerprint density at radius 2 is 2.09 bits per heavy atom. The fraction of sp³-hybridized carbons (Fsp3) is 0.722. The predicted octanol–water partition coefficient (Wildman–Crippen LogP) is 3.14. The van der Waals surface area contributed by atoms with Crippen molar-refractivity contribution in [2.24, 2.45) is 16.8 Å². The van der Waals surface area contributed by atoms with E-state index >= 15 is 0 Å². The molecule has 4 N–H and O–H groups in total. The molecule has 4 nitrogen and oxygen atoms in total. The average Bonchev–Trinajstić information content (AvgIpc) is 3.22. The first kappa shape index (κ1) is 15.6. The van der Waals surface area contributed by atoms with Gasteiger partial charge in [-0.3, -0.25) is 4.99 Å². The molecule has 1 aliphatic carbocycles. The molecular formula is C18H30N4. The summed E-state index contributed by atoms with van der Waals surface area (Å²) >= 11 is 0. The van der Waals surface area contributed by atoms with E-state index in [-0.39, 0.29) is 0 Å². The molecule has 0 bridgehead atoms. The van der Waals surface area contributed by atoms with Crippen LogP contribution in [0.3, 0.4) is 0 Å². The minimum atomic E-state index is 0.387. The highest BCUT2D eigenvalue weighted by molar-refractivity contribution is 6.04. The summed E-state index contributed by atoms with van der Waals surface area (Å²) in [5.41, 5.74) is 9.77. The van der Waals surface area contributed by atoms with Crippen LogP contribution in [0.15, 0.2) is 11.2 Å². The maximum Gasteiger partial charge on any atom is 0.110 e. The maximum absolute atomic E-state index is 6.15. The van der Waals surface area contributed by atoms with Gasteiger partial charge in [0.05, 0.1) is 6.04 Å². The molecule has 2 aliphatic rings. The summed E-state index contributed by atoms with van der Waals surface area (Å²) < 4.78 is 0. The lowest BCUT2D eigenvalue weighted by atomic mass is 9.93. The quantitative estimate of drug-likeness (QED) is 0.732. The summed E-state index contributed by atoms with van der Waals surface area (Å²) in [5.74, 6) is 2.35. The van der Waals surface area contributed by atoms with Crippen LogP contribution in [0.2, 0.25) is 0 Å². The van der Waals surface area contributed by atoms with E-state index in [0.717, 1.165) is 36.0 Å². The van der Waals surface area contributed by atoms with Crippen LogP contribution in [-0.4, -0.2) is 29.3 Å². The normalized spacial score (nSPS) is 26.6. The monoisotopic (exact) mass is 302 g/mol. The Morgan fingerprint density at radius 3 is 2.68 bits per heavy atom. The highest BCUT2D eigenvalue weighted by Crippen LogP contribution is 2.34. The van der Waals surface area contributed by atoms with Crippen molar-refractivity contribution in [3.8, 4) is 0 Å². The van der Waals surface area contributed by atoms with Gasteiger partial charge in [-0.25, -0.2) is 0 Å². The van der Waals surface area contributed by atoms with E-state index in [0.29, 0.717) is 18.0 Å². The van der Waals surface area contributed by atoms with E-state index < -0.39 is 0 Å². The lowest BCUT2D eigenvalue weighted by molar-refractivity contribution is 0.305. The van der Waals surface area contributed by atoms with Gasteiger partial charge in [0.2, 0.25) is 0 Å². The summed E-state index contributed by atoms with van der Waals surface area (Å²) in [6.07, 6.45) is 8.35. The molecule has 0 unspecified atom stereocenters. The fourth-order valence-corrected chi connectivity index (χ4v) is 3.58. The van der Waals surface area contributed by atoms with Crippen molar-refractivity contribution in [2.45, 2.75) is 65.0 Å². The van der Waals surface area contributed by atoms with Gasteiger partial charge in [0.1, 0.15) is 5.82 Å². The molecule has 1 aliphatic heterocycles. The van der Waals surface area contributed by atoms with Crippen molar-refractivity contribution in [1.82, 2.24) is 10.3 Å². The van der Waals surface area contributed by atoms with Gasteiger partial charge in [-0.2, -0.15) is 0 Å². The summed E-state index contributed by atoms with van der Waals surface area (Å²) in [6, 6.07) is 1.03. The van der Waals surface area contributed by atoms with Crippen molar-refractivity contribution in [2.75, 3.05) is 12.3 Å². The Bertz CT molecular complexity index is 531. The molecule has 0 amide bonds. The van der Waals surface area contributed by atoms with Crippen LogP contribution < -0.4 is 11.1 Å². The second kappa shape index (κ2) is 6.45. The number of H-pyrrole nitrogens is 1. The molecule has 1 aromatic rings. The van der Waals surface area contributed by atoms with Crippen LogP contribution in [0.1, 0.15) is 57.6 Å². The zero-order chi connectivity index (χ0) is 15.7. The number of piperidine rings is 1. The molecule has 122 valence electrons. The van der Waals surface area contributed by atoms with Crippen molar-refractivity contribution < 1.29 is 0 Å². The largest absolute Gasteiger partial charge is 0.385 e. The van der Waals surface area contributed by atoms with Crippen LogP contribution in [0.4, 0.5) is 5.82 Å². The van der Waals surface area contributed by atoms with E-state index in [1.807, 2.05) is 0 Å². The SMILES string of the molecule is CC(=N[C@@H]1CC[C@H](C(C)C)NC1)c1c(CC2CC2)c[nH]c1N. The van der Waals surface area contributed by atoms with Crippen LogP contribution in [0.5, 0.6) is 0 Å². The van der Waals surface area contributed by atoms with E-state index in [9.17, 15) is 0 Å². The van der Waals surface area contributed by atoms with E-state index in [2.05, 4.69) is 37.3 Å². The highest BCUT2D eigenvalue weighted by atomic mass is 15.0. The second-order valence-corrected chi connectivity index (χ2v) is 7.45. The van der Waals surface area contributed by atoms with Gasteiger partial charge in [-0.05, 0) is 56.4 Å². The van der Waals surface area contributed by atoms with Crippen LogP contribution in [-0.2, 0) is 6.42 Å². The van der Waals surface area contributed by atoms with Gasteiger partial charge in [0.15, 0.2) is 0 Å². The molecule has 2 atom stereocenters. The molecule has 0 spiro atoms. The van der Waals surface area contributed by atoms with Gasteiger partial charge < -0.3 is 16.0 Å². The number of aromatic nitrogens is 1. The first-order valence-electron chi connectivity index (χ1n) is 8.78. The third kappa shape index (κ3) is 3.54. The molecule has 1 saturated heterocycles. The minimum Gasteiger partial charge on any atom is -0.385 e. The number of nitrogens with zero attached hydrogens (tertiary/aromatic N) is 1. The van der Waals surface area contributed by atoms with Crippen LogP contribution >= 0.6 is 0 Å². The number of nitrogens with one attached hydrogen (secondary N) is 2. The van der Waals surface area contributed by atoms with E-state index in [1.165, 1.54) is 31.2 Å². The van der Waals surface area contributed by atoms with Gasteiger partial charge in [0.25, 0.3) is 0 Å². The topological polar surface area (TPSA) is 66.2 Å². The Kier molecular flexibility index (Phi) is 4.57. The predicted molar refractivity (Wildman–Crippen MR) is 93.5 cm³/mol. The molecule has 2 heterocycles. The molecule has 3 rings (SSSR count). The number of rotatable bonds is 5. The average molecular weight is 302 g/mol. The smallest absolute Gasteiger partial charge is 0.110 e. The third-order valence-corrected chi connectivity index (χ3v) is 5.17. The Hall–Kier alpha value is -1.29. The number of nitrogen functional groups attached to an aromatic ring is 1. The maximum atomic E-state index is 6.15. The Balaban J connectivity index is 1.68. The number of anilines is 1. The third-order valence-electron chi connectivity index (χ3n) is 5.17. The Morgan fingerprint density at radius 1 is 1.32 bits per heavy atom. The van der Waals surface area contributed by atoms with Gasteiger partial charge in [-0.15, -0.1) is 0 Å². The second-order valence-electron chi connectivity index (χ2n) is 7.45. The van der Waals surface area contributed by atoms with Gasteiger partial charge in [0, 0.05) is 30.1 Å². The minimum absolute atomic E-state index is 0.387. The molecular weight excluding hydrogens is 272 g/mol.